The molecule has 0 atom stereocenters. The van der Waals surface area contributed by atoms with Gasteiger partial charge in [0.05, 0.1) is 35.4 Å². The van der Waals surface area contributed by atoms with E-state index < -0.39 is 32.6 Å². The van der Waals surface area contributed by atoms with Crippen molar-refractivity contribution >= 4 is 54.6 Å². The van der Waals surface area contributed by atoms with Gasteiger partial charge in [0.2, 0.25) is 0 Å². The molecule has 0 spiro atoms. The number of nitrogens with zero attached hydrogens (tertiary/aromatic N) is 3. The second kappa shape index (κ2) is 19.1. The number of benzene rings is 5. The predicted octanol–water partition coefficient (Wildman–Crippen LogP) is 6.12. The third-order valence-electron chi connectivity index (χ3n) is 8.73. The Morgan fingerprint density at radius 2 is 1.24 bits per heavy atom. The molecule has 0 saturated carbocycles. The van der Waals surface area contributed by atoms with Crippen molar-refractivity contribution in [3.8, 4) is 11.5 Å². The standard InChI is InChI=1S/C39H43N3O8S2.CH2O2/c1-5-41(51(45,46)33-21-17-31(49-3)18-22-33)37-26-30(14-11-25-40(2)27-29-12-7-6-8-13-29)39(36-16-10-9-15-35(36)37)42(28-38(43)44)52(47,48)34-23-19-32(50-4)20-24-34;2-1-3/h6-10,12-13,15-24,26H,5,11,14,25,27-28H2,1-4H3,(H,43,44);1H,(H,2,3). The summed E-state index contributed by atoms with van der Waals surface area (Å²) in [5.74, 6) is -0.402. The molecule has 55 heavy (non-hydrogen) atoms. The van der Waals surface area contributed by atoms with Crippen molar-refractivity contribution in [3.05, 3.63) is 120 Å². The van der Waals surface area contributed by atoms with Gasteiger partial charge in [-0.2, -0.15) is 0 Å². The van der Waals surface area contributed by atoms with Gasteiger partial charge in [-0.15, -0.1) is 0 Å². The fourth-order valence-electron chi connectivity index (χ4n) is 6.23. The third-order valence-corrected chi connectivity index (χ3v) is 12.4. The Morgan fingerprint density at radius 3 is 1.73 bits per heavy atom. The molecule has 0 aliphatic carbocycles. The van der Waals surface area contributed by atoms with E-state index >= 15 is 0 Å². The summed E-state index contributed by atoms with van der Waals surface area (Å²) in [4.78, 5) is 22.9. The summed E-state index contributed by atoms with van der Waals surface area (Å²) < 4.78 is 70.0. The van der Waals surface area contributed by atoms with E-state index in [4.69, 9.17) is 19.4 Å². The Labute approximate surface area is 322 Å². The van der Waals surface area contributed by atoms with Crippen LogP contribution < -0.4 is 18.1 Å². The summed E-state index contributed by atoms with van der Waals surface area (Å²) in [5.41, 5.74) is 2.16. The number of aliphatic carboxylic acids is 1. The van der Waals surface area contributed by atoms with E-state index in [1.165, 1.54) is 54.9 Å². The van der Waals surface area contributed by atoms with Gasteiger partial charge in [0.25, 0.3) is 26.5 Å². The molecule has 292 valence electrons. The van der Waals surface area contributed by atoms with Crippen LogP contribution in [0.5, 0.6) is 11.5 Å². The Balaban J connectivity index is 0.00000217. The van der Waals surface area contributed by atoms with Gasteiger partial charge in [-0.25, -0.2) is 16.8 Å². The lowest BCUT2D eigenvalue weighted by Gasteiger charge is -2.31. The number of sulfonamides is 2. The number of aryl methyl sites for hydroxylation is 1. The second-order valence-electron chi connectivity index (χ2n) is 12.3. The number of hydrogen-bond acceptors (Lipinski definition) is 9. The Kier molecular flexibility index (Phi) is 14.6. The summed E-state index contributed by atoms with van der Waals surface area (Å²) in [5, 5.41) is 17.8. The molecular weight excluding hydrogens is 747 g/mol. The molecule has 0 bridgehead atoms. The first-order valence-corrected chi connectivity index (χ1v) is 20.1. The van der Waals surface area contributed by atoms with Gasteiger partial charge < -0.3 is 24.6 Å². The van der Waals surface area contributed by atoms with Gasteiger partial charge in [0.1, 0.15) is 18.0 Å². The zero-order chi connectivity index (χ0) is 40.2. The molecule has 0 aliphatic heterocycles. The molecule has 0 aliphatic rings. The van der Waals surface area contributed by atoms with Crippen LogP contribution in [0.4, 0.5) is 11.4 Å². The lowest BCUT2D eigenvalue weighted by atomic mass is 9.98. The monoisotopic (exact) mass is 791 g/mol. The van der Waals surface area contributed by atoms with E-state index in [-0.39, 0.29) is 28.5 Å². The van der Waals surface area contributed by atoms with Crippen molar-refractivity contribution in [1.29, 1.82) is 0 Å². The van der Waals surface area contributed by atoms with Crippen LogP contribution in [0, 0.1) is 0 Å². The van der Waals surface area contributed by atoms with Crippen LogP contribution in [0.15, 0.2) is 119 Å². The van der Waals surface area contributed by atoms with Crippen molar-refractivity contribution < 1.29 is 46.1 Å². The van der Waals surface area contributed by atoms with E-state index in [0.717, 1.165) is 9.87 Å². The fourth-order valence-corrected chi connectivity index (χ4v) is 9.18. The van der Waals surface area contributed by atoms with Crippen LogP contribution in [0.25, 0.3) is 10.8 Å². The Bertz CT molecular complexity index is 2270. The molecule has 2 N–H and O–H groups in total. The van der Waals surface area contributed by atoms with Gasteiger partial charge in [-0.05, 0) is 99.1 Å². The summed E-state index contributed by atoms with van der Waals surface area (Å²) in [7, 11) is -3.59. The van der Waals surface area contributed by atoms with Gasteiger partial charge >= 0.3 is 5.97 Å². The highest BCUT2D eigenvalue weighted by molar-refractivity contribution is 7.93. The fraction of sp³-hybridized carbons (Fsp3) is 0.250. The van der Waals surface area contributed by atoms with Crippen molar-refractivity contribution in [1.82, 2.24) is 4.90 Å². The van der Waals surface area contributed by atoms with Crippen molar-refractivity contribution in [2.45, 2.75) is 36.1 Å². The van der Waals surface area contributed by atoms with Gasteiger partial charge in [-0.1, -0.05) is 54.6 Å². The number of carbonyl (C=O) groups is 2. The smallest absolute Gasteiger partial charge is 0.324 e. The average Bonchev–Trinajstić information content (AvgIpc) is 3.18. The van der Waals surface area contributed by atoms with Crippen LogP contribution in [0.2, 0.25) is 0 Å². The summed E-state index contributed by atoms with van der Waals surface area (Å²) in [6.07, 6.45) is 0.885. The van der Waals surface area contributed by atoms with Crippen LogP contribution in [-0.2, 0) is 42.6 Å². The number of rotatable bonds is 17. The first-order chi connectivity index (χ1) is 26.3. The number of carboxylic acid groups (broad SMARTS) is 2. The molecule has 5 aromatic rings. The molecular formula is C40H45N3O10S2. The quantitative estimate of drug-likeness (QED) is 0.104. The molecule has 0 aromatic heterocycles. The molecule has 0 radical (unpaired) electrons. The maximum Gasteiger partial charge on any atom is 0.324 e. The molecule has 13 nitrogen and oxygen atoms in total. The molecule has 5 aromatic carbocycles. The minimum absolute atomic E-state index is 0.0574. The highest BCUT2D eigenvalue weighted by Crippen LogP contribution is 2.42. The highest BCUT2D eigenvalue weighted by Gasteiger charge is 2.33. The second-order valence-corrected chi connectivity index (χ2v) is 16.0. The molecule has 0 amide bonds. The third kappa shape index (κ3) is 10.1. The average molecular weight is 792 g/mol. The number of anilines is 2. The van der Waals surface area contributed by atoms with E-state index in [1.54, 1.807) is 49.4 Å². The first-order valence-electron chi connectivity index (χ1n) is 17.2. The SMILES string of the molecule is CCN(c1cc(CCCN(C)Cc2ccccc2)c(N(CC(=O)O)S(=O)(=O)c2ccc(OC)cc2)c2ccccc12)S(=O)(=O)c1ccc(OC)cc1.O=CO. The first kappa shape index (κ1) is 42.1. The van der Waals surface area contributed by atoms with Gasteiger partial charge in [-0.3, -0.25) is 18.2 Å². The lowest BCUT2D eigenvalue weighted by Crippen LogP contribution is -2.37. The molecule has 5 rings (SSSR count). The topological polar surface area (TPSA) is 171 Å². The van der Waals surface area contributed by atoms with Crippen LogP contribution in [0.3, 0.4) is 0 Å². The predicted molar refractivity (Wildman–Crippen MR) is 212 cm³/mol. The minimum atomic E-state index is -4.44. The molecule has 0 saturated heterocycles. The molecule has 0 unspecified atom stereocenters. The van der Waals surface area contributed by atoms with Crippen molar-refractivity contribution in [2.75, 3.05) is 49.5 Å². The Hall–Kier alpha value is -5.64. The van der Waals surface area contributed by atoms with Gasteiger partial charge in [0.15, 0.2) is 0 Å². The highest BCUT2D eigenvalue weighted by atomic mass is 32.2. The zero-order valence-electron chi connectivity index (χ0n) is 31.0. The normalized spacial score (nSPS) is 11.4. The number of ether oxygens (including phenoxy) is 2. The van der Waals surface area contributed by atoms with E-state index in [2.05, 4.69) is 4.90 Å². The van der Waals surface area contributed by atoms with E-state index in [1.807, 2.05) is 37.4 Å². The van der Waals surface area contributed by atoms with Crippen molar-refractivity contribution in [2.24, 2.45) is 0 Å². The molecule has 0 fully saturated rings. The number of hydrogen-bond donors (Lipinski definition) is 2. The Morgan fingerprint density at radius 1 is 0.745 bits per heavy atom. The van der Waals surface area contributed by atoms with Gasteiger partial charge in [0, 0.05) is 23.9 Å². The number of methoxy groups -OCH3 is 2. The zero-order valence-corrected chi connectivity index (χ0v) is 32.7. The van der Waals surface area contributed by atoms with E-state index in [9.17, 15) is 26.7 Å². The number of carboxylic acids is 1. The summed E-state index contributed by atoms with van der Waals surface area (Å²) in [6, 6.07) is 30.4. The van der Waals surface area contributed by atoms with Crippen LogP contribution >= 0.6 is 0 Å². The number of fused-ring (bicyclic) bond motifs is 1. The molecule has 0 heterocycles. The molecule has 15 heteroatoms. The lowest BCUT2D eigenvalue weighted by molar-refractivity contribution is -0.135. The van der Waals surface area contributed by atoms with Crippen LogP contribution in [0.1, 0.15) is 24.5 Å². The summed E-state index contributed by atoms with van der Waals surface area (Å²) in [6.45, 7) is 2.01. The maximum atomic E-state index is 14.4. The largest absolute Gasteiger partial charge is 0.497 e. The van der Waals surface area contributed by atoms with E-state index in [0.29, 0.717) is 59.5 Å². The van der Waals surface area contributed by atoms with Crippen LogP contribution in [-0.4, -0.2) is 85.3 Å². The van der Waals surface area contributed by atoms with Crippen molar-refractivity contribution in [3.63, 3.8) is 0 Å². The minimum Gasteiger partial charge on any atom is -0.497 e. The maximum absolute atomic E-state index is 14.4. The summed E-state index contributed by atoms with van der Waals surface area (Å²) >= 11 is 0.